The summed E-state index contributed by atoms with van der Waals surface area (Å²) in [6.45, 7) is 10.2. The van der Waals surface area contributed by atoms with Crippen molar-refractivity contribution in [2.75, 3.05) is 44.7 Å². The molecule has 0 spiro atoms. The van der Waals surface area contributed by atoms with Crippen molar-refractivity contribution in [1.82, 2.24) is 15.2 Å². The first-order valence-corrected chi connectivity index (χ1v) is 9.00. The first-order valence-electron chi connectivity index (χ1n) is 8.12. The summed E-state index contributed by atoms with van der Waals surface area (Å²) in [5, 5.41) is 6.05. The van der Waals surface area contributed by atoms with E-state index in [9.17, 15) is 4.79 Å². The molecular formula is C16H28N4O2S. The summed E-state index contributed by atoms with van der Waals surface area (Å²) in [6.07, 6.45) is 2.79. The summed E-state index contributed by atoms with van der Waals surface area (Å²) in [5.74, 6) is 0. The van der Waals surface area contributed by atoms with Gasteiger partial charge in [-0.3, -0.25) is 0 Å². The number of carbonyl (C=O) groups excluding carboxylic acids is 1. The minimum Gasteiger partial charge on any atom is -0.379 e. The Morgan fingerprint density at radius 1 is 1.39 bits per heavy atom. The largest absolute Gasteiger partial charge is 0.379 e. The smallest absolute Gasteiger partial charge is 0.317 e. The van der Waals surface area contributed by atoms with Crippen LogP contribution in [0.5, 0.6) is 0 Å². The quantitative estimate of drug-likeness (QED) is 0.914. The molecule has 0 bridgehead atoms. The molecule has 0 radical (unpaired) electrons. The number of hydrogen-bond donors (Lipinski definition) is 1. The van der Waals surface area contributed by atoms with Crippen LogP contribution in [0.1, 0.15) is 27.2 Å². The van der Waals surface area contributed by atoms with Crippen molar-refractivity contribution < 1.29 is 9.53 Å². The zero-order valence-corrected chi connectivity index (χ0v) is 15.4. The molecule has 1 aromatic rings. The number of urea groups is 1. The van der Waals surface area contributed by atoms with Crippen LogP contribution in [0.3, 0.4) is 0 Å². The zero-order chi connectivity index (χ0) is 16.9. The van der Waals surface area contributed by atoms with Crippen LogP contribution in [0.2, 0.25) is 0 Å². The van der Waals surface area contributed by atoms with Crippen LogP contribution in [-0.4, -0.2) is 61.9 Å². The molecule has 1 saturated heterocycles. The van der Waals surface area contributed by atoms with Crippen molar-refractivity contribution in [1.29, 1.82) is 0 Å². The summed E-state index contributed by atoms with van der Waals surface area (Å²) in [6, 6.07) is -0.00251. The maximum Gasteiger partial charge on any atom is 0.317 e. The Morgan fingerprint density at radius 2 is 2.17 bits per heavy atom. The summed E-state index contributed by atoms with van der Waals surface area (Å²) >= 11 is 1.65. The van der Waals surface area contributed by atoms with Gasteiger partial charge in [0.25, 0.3) is 0 Å². The number of thiazole rings is 1. The van der Waals surface area contributed by atoms with Gasteiger partial charge in [-0.2, -0.15) is 0 Å². The molecular weight excluding hydrogens is 312 g/mol. The molecule has 1 aliphatic heterocycles. The van der Waals surface area contributed by atoms with E-state index in [1.807, 2.05) is 16.5 Å². The topological polar surface area (TPSA) is 57.7 Å². The first kappa shape index (κ1) is 18.0. The van der Waals surface area contributed by atoms with E-state index in [2.05, 4.69) is 36.0 Å². The number of rotatable bonds is 4. The van der Waals surface area contributed by atoms with Gasteiger partial charge in [0.05, 0.1) is 6.10 Å². The van der Waals surface area contributed by atoms with Gasteiger partial charge in [0.15, 0.2) is 5.13 Å². The zero-order valence-electron chi connectivity index (χ0n) is 14.5. The van der Waals surface area contributed by atoms with Crippen LogP contribution in [0, 0.1) is 5.41 Å². The summed E-state index contributed by atoms with van der Waals surface area (Å²) in [4.78, 5) is 20.9. The first-order chi connectivity index (χ1) is 10.9. The van der Waals surface area contributed by atoms with Crippen molar-refractivity contribution in [2.24, 2.45) is 5.41 Å². The molecule has 23 heavy (non-hydrogen) atoms. The van der Waals surface area contributed by atoms with E-state index >= 15 is 0 Å². The van der Waals surface area contributed by atoms with Crippen molar-refractivity contribution in [2.45, 2.75) is 33.3 Å². The highest BCUT2D eigenvalue weighted by atomic mass is 32.1. The molecule has 1 aromatic heterocycles. The molecule has 0 saturated carbocycles. The fourth-order valence-corrected chi connectivity index (χ4v) is 3.42. The number of aromatic nitrogens is 1. The van der Waals surface area contributed by atoms with Crippen LogP contribution in [0.15, 0.2) is 11.6 Å². The average Bonchev–Trinajstić information content (AvgIpc) is 2.91. The van der Waals surface area contributed by atoms with Gasteiger partial charge in [0.1, 0.15) is 0 Å². The molecule has 2 amide bonds. The van der Waals surface area contributed by atoms with Crippen molar-refractivity contribution >= 4 is 22.5 Å². The van der Waals surface area contributed by atoms with Crippen molar-refractivity contribution in [3.63, 3.8) is 0 Å². The molecule has 7 heteroatoms. The minimum absolute atomic E-state index is 0.00244. The molecule has 0 aromatic carbocycles. The molecule has 1 fully saturated rings. The maximum absolute atomic E-state index is 12.4. The normalized spacial score (nSPS) is 17.7. The summed E-state index contributed by atoms with van der Waals surface area (Å²) in [5.41, 5.74) is 0.00244. The Balaban J connectivity index is 1.83. The number of carbonyl (C=O) groups is 1. The molecule has 2 heterocycles. The van der Waals surface area contributed by atoms with E-state index in [-0.39, 0.29) is 17.6 Å². The van der Waals surface area contributed by atoms with Crippen LogP contribution < -0.4 is 10.2 Å². The Kier molecular flexibility index (Phi) is 6.24. The third-order valence-corrected chi connectivity index (χ3v) is 4.99. The van der Waals surface area contributed by atoms with Gasteiger partial charge in [-0.05, 0) is 11.8 Å². The van der Waals surface area contributed by atoms with E-state index in [0.29, 0.717) is 6.54 Å². The van der Waals surface area contributed by atoms with E-state index < -0.39 is 0 Å². The minimum atomic E-state index is -0.00251. The number of ether oxygens (including phenoxy) is 1. The predicted molar refractivity (Wildman–Crippen MR) is 94.2 cm³/mol. The highest BCUT2D eigenvalue weighted by molar-refractivity contribution is 7.13. The van der Waals surface area contributed by atoms with Crippen LogP contribution >= 0.6 is 11.3 Å². The van der Waals surface area contributed by atoms with Gasteiger partial charge in [-0.1, -0.05) is 20.8 Å². The monoisotopic (exact) mass is 340 g/mol. The predicted octanol–water partition coefficient (Wildman–Crippen LogP) is 2.43. The fourth-order valence-electron chi connectivity index (χ4n) is 2.72. The Bertz CT molecular complexity index is 487. The van der Waals surface area contributed by atoms with Crippen LogP contribution in [0.4, 0.5) is 9.93 Å². The molecule has 0 aliphatic carbocycles. The molecule has 1 N–H and O–H groups in total. The summed E-state index contributed by atoms with van der Waals surface area (Å²) < 4.78 is 5.49. The van der Waals surface area contributed by atoms with Gasteiger partial charge in [-0.15, -0.1) is 11.3 Å². The standard InChI is InChI=1S/C16H28N4O2S/c1-16(2,3)13(22-4)12-18-14(21)19-7-5-8-20(10-9-19)15-17-6-11-23-15/h6,11,13H,5,7-10,12H2,1-4H3,(H,18,21). The van der Waals surface area contributed by atoms with Crippen molar-refractivity contribution in [3.8, 4) is 0 Å². The molecule has 2 rings (SSSR count). The van der Waals surface area contributed by atoms with E-state index in [4.69, 9.17) is 4.74 Å². The van der Waals surface area contributed by atoms with Gasteiger partial charge in [-0.25, -0.2) is 9.78 Å². The Morgan fingerprint density at radius 3 is 2.78 bits per heavy atom. The van der Waals surface area contributed by atoms with Crippen LogP contribution in [0.25, 0.3) is 0 Å². The second-order valence-electron chi connectivity index (χ2n) is 6.92. The summed E-state index contributed by atoms with van der Waals surface area (Å²) in [7, 11) is 1.69. The SMILES string of the molecule is COC(CNC(=O)N1CCCN(c2nccs2)CC1)C(C)(C)C. The van der Waals surface area contributed by atoms with Crippen molar-refractivity contribution in [3.05, 3.63) is 11.6 Å². The number of nitrogens with one attached hydrogen (secondary N) is 1. The molecule has 130 valence electrons. The number of anilines is 1. The molecule has 1 unspecified atom stereocenters. The molecule has 1 atom stereocenters. The van der Waals surface area contributed by atoms with Gasteiger partial charge < -0.3 is 19.9 Å². The number of nitrogens with zero attached hydrogens (tertiary/aromatic N) is 3. The third kappa shape index (κ3) is 5.07. The number of hydrogen-bond acceptors (Lipinski definition) is 5. The van der Waals surface area contributed by atoms with Gasteiger partial charge in [0.2, 0.25) is 0 Å². The lowest BCUT2D eigenvalue weighted by Gasteiger charge is -2.30. The lowest BCUT2D eigenvalue weighted by atomic mass is 9.89. The second-order valence-corrected chi connectivity index (χ2v) is 7.79. The molecule has 1 aliphatic rings. The lowest BCUT2D eigenvalue weighted by Crippen LogP contribution is -2.47. The van der Waals surface area contributed by atoms with Gasteiger partial charge >= 0.3 is 6.03 Å². The second kappa shape index (κ2) is 7.97. The fraction of sp³-hybridized carbons (Fsp3) is 0.750. The maximum atomic E-state index is 12.4. The van der Waals surface area contributed by atoms with E-state index in [1.165, 1.54) is 0 Å². The van der Waals surface area contributed by atoms with E-state index in [1.54, 1.807) is 18.4 Å². The third-order valence-electron chi connectivity index (χ3n) is 4.16. The van der Waals surface area contributed by atoms with Gasteiger partial charge in [0, 0.05) is 51.4 Å². The number of amides is 2. The Hall–Kier alpha value is -1.34. The highest BCUT2D eigenvalue weighted by Crippen LogP contribution is 2.21. The average molecular weight is 340 g/mol. The number of methoxy groups -OCH3 is 1. The Labute approximate surface area is 142 Å². The van der Waals surface area contributed by atoms with Crippen LogP contribution in [-0.2, 0) is 4.74 Å². The molecule has 6 nitrogen and oxygen atoms in total. The lowest BCUT2D eigenvalue weighted by molar-refractivity contribution is 0.0186. The van der Waals surface area contributed by atoms with E-state index in [0.717, 1.165) is 37.7 Å². The highest BCUT2D eigenvalue weighted by Gasteiger charge is 2.26.